The number of H-pyrrole nitrogens is 1. The molecule has 0 atom stereocenters. The van der Waals surface area contributed by atoms with Crippen LogP contribution < -0.4 is 10.6 Å². The zero-order valence-corrected chi connectivity index (χ0v) is 19.6. The number of carbonyl (C=O) groups is 3. The normalized spacial score (nSPS) is 14.1. The molecule has 2 aromatic heterocycles. The number of urea groups is 1. The minimum absolute atomic E-state index is 0.0364. The molecule has 178 valence electrons. The molecule has 1 aliphatic rings. The van der Waals surface area contributed by atoms with Gasteiger partial charge >= 0.3 is 12.0 Å². The molecule has 1 saturated carbocycles. The molecule has 4 N–H and O–H groups in total. The number of anilines is 2. The first kappa shape index (κ1) is 23.6. The van der Waals surface area contributed by atoms with E-state index in [1.54, 1.807) is 18.2 Å². The summed E-state index contributed by atoms with van der Waals surface area (Å²) in [6.07, 6.45) is 6.10. The van der Waals surface area contributed by atoms with Crippen molar-refractivity contribution in [2.45, 2.75) is 42.0 Å². The van der Waals surface area contributed by atoms with E-state index in [0.717, 1.165) is 31.2 Å². The first-order valence-electron chi connectivity index (χ1n) is 10.4. The highest BCUT2D eigenvalue weighted by molar-refractivity contribution is 7.93. The molecule has 11 nitrogen and oxygen atoms in total. The molecule has 0 radical (unpaired) electrons. The topological polar surface area (TPSA) is 171 Å². The van der Waals surface area contributed by atoms with Crippen LogP contribution in [-0.2, 0) is 9.84 Å². The number of sulfone groups is 1. The number of hydrogen-bond acceptors (Lipinski definition) is 8. The van der Waals surface area contributed by atoms with Gasteiger partial charge in [0.25, 0.3) is 9.84 Å². The lowest BCUT2D eigenvalue weighted by molar-refractivity contribution is 0.0687. The lowest BCUT2D eigenvalue weighted by Crippen LogP contribution is -2.22. The second-order valence-corrected chi connectivity index (χ2v) is 10.9. The van der Waals surface area contributed by atoms with Crippen molar-refractivity contribution in [2.24, 2.45) is 5.92 Å². The van der Waals surface area contributed by atoms with Crippen molar-refractivity contribution >= 4 is 49.8 Å². The predicted octanol–water partition coefficient (Wildman–Crippen LogP) is 3.72. The van der Waals surface area contributed by atoms with Crippen LogP contribution in [0.4, 0.5) is 15.6 Å². The van der Waals surface area contributed by atoms with Gasteiger partial charge in [0.1, 0.15) is 0 Å². The van der Waals surface area contributed by atoms with Gasteiger partial charge in [-0.15, -0.1) is 0 Å². The number of aromatic amines is 1. The number of aromatic carboxylic acids is 1. The molecule has 2 heterocycles. The number of thiazole rings is 1. The van der Waals surface area contributed by atoms with Crippen molar-refractivity contribution in [1.82, 2.24) is 15.0 Å². The number of benzene rings is 1. The zero-order chi connectivity index (χ0) is 24.5. The highest BCUT2D eigenvalue weighted by Crippen LogP contribution is 2.33. The molecule has 13 heteroatoms. The minimum atomic E-state index is -4.29. The Hall–Kier alpha value is -3.58. The van der Waals surface area contributed by atoms with Gasteiger partial charge in [-0.3, -0.25) is 10.1 Å². The second kappa shape index (κ2) is 9.35. The summed E-state index contributed by atoms with van der Waals surface area (Å²) < 4.78 is 24.9. The summed E-state index contributed by atoms with van der Waals surface area (Å²) in [6.45, 7) is 1.85. The number of hydrogen-bond donors (Lipinski definition) is 4. The van der Waals surface area contributed by atoms with Crippen molar-refractivity contribution in [3.05, 3.63) is 47.4 Å². The first-order chi connectivity index (χ1) is 16.2. The Morgan fingerprint density at radius 2 is 1.91 bits per heavy atom. The number of imidazole rings is 1. The van der Waals surface area contributed by atoms with E-state index in [1.165, 1.54) is 12.4 Å². The van der Waals surface area contributed by atoms with Crippen LogP contribution in [-0.4, -0.2) is 46.3 Å². The summed E-state index contributed by atoms with van der Waals surface area (Å²) in [6, 6.07) is 4.29. The number of amides is 2. The van der Waals surface area contributed by atoms with E-state index in [9.17, 15) is 27.9 Å². The predicted molar refractivity (Wildman–Crippen MR) is 123 cm³/mol. The van der Waals surface area contributed by atoms with Crippen LogP contribution >= 0.6 is 11.3 Å². The number of carboxylic acids is 1. The lowest BCUT2D eigenvalue weighted by atomic mass is 9.94. The number of aryl methyl sites for hydroxylation is 1. The fourth-order valence-electron chi connectivity index (χ4n) is 3.79. The molecule has 3 aromatic rings. The van der Waals surface area contributed by atoms with E-state index in [2.05, 4.69) is 25.6 Å². The number of carbonyl (C=O) groups excluding carboxylic acids is 2. The molecule has 0 saturated heterocycles. The molecule has 0 bridgehead atoms. The van der Waals surface area contributed by atoms with Crippen molar-refractivity contribution in [1.29, 1.82) is 0 Å². The van der Waals surface area contributed by atoms with Crippen molar-refractivity contribution in [3.63, 3.8) is 0 Å². The van der Waals surface area contributed by atoms with E-state index in [1.807, 2.05) is 6.92 Å². The number of ketones is 1. The average Bonchev–Trinajstić information content (AvgIpc) is 3.55. The summed E-state index contributed by atoms with van der Waals surface area (Å²) in [4.78, 5) is 47.1. The Kier molecular flexibility index (Phi) is 6.48. The van der Waals surface area contributed by atoms with E-state index < -0.39 is 36.9 Å². The minimum Gasteiger partial charge on any atom is -0.476 e. The maximum Gasteiger partial charge on any atom is 0.356 e. The van der Waals surface area contributed by atoms with E-state index in [0.29, 0.717) is 22.6 Å². The van der Waals surface area contributed by atoms with Crippen molar-refractivity contribution in [2.75, 3.05) is 10.6 Å². The molecule has 4 rings (SSSR count). The zero-order valence-electron chi connectivity index (χ0n) is 18.0. The van der Waals surface area contributed by atoms with Gasteiger partial charge in [-0.05, 0) is 31.9 Å². The van der Waals surface area contributed by atoms with Crippen LogP contribution in [0.25, 0.3) is 0 Å². The number of aromatic nitrogens is 3. The van der Waals surface area contributed by atoms with Crippen LogP contribution in [0.5, 0.6) is 0 Å². The Labute approximate surface area is 198 Å². The summed E-state index contributed by atoms with van der Waals surface area (Å²) in [7, 11) is -4.29. The fourth-order valence-corrected chi connectivity index (χ4v) is 6.38. The average molecular weight is 504 g/mol. The second-order valence-electron chi connectivity index (χ2n) is 7.83. The molecule has 34 heavy (non-hydrogen) atoms. The molecule has 1 aromatic carbocycles. The Morgan fingerprint density at radius 1 is 1.18 bits per heavy atom. The van der Waals surface area contributed by atoms with Gasteiger partial charge in [0.05, 0.1) is 5.69 Å². The summed E-state index contributed by atoms with van der Waals surface area (Å²) >= 11 is 0.486. The van der Waals surface area contributed by atoms with Gasteiger partial charge in [-0.25, -0.2) is 28.0 Å². The highest BCUT2D eigenvalue weighted by Gasteiger charge is 2.32. The monoisotopic (exact) mass is 503 g/mol. The van der Waals surface area contributed by atoms with Crippen LogP contribution in [0.2, 0.25) is 0 Å². The third-order valence-electron chi connectivity index (χ3n) is 5.41. The quantitative estimate of drug-likeness (QED) is 0.353. The third-order valence-corrected chi connectivity index (χ3v) is 8.49. The lowest BCUT2D eigenvalue weighted by Gasteiger charge is -2.14. The maximum absolute atomic E-state index is 13.0. The maximum atomic E-state index is 13.0. The van der Waals surface area contributed by atoms with Crippen LogP contribution in [0.3, 0.4) is 0 Å². The van der Waals surface area contributed by atoms with E-state index in [-0.39, 0.29) is 16.8 Å². The van der Waals surface area contributed by atoms with Gasteiger partial charge in [0.15, 0.2) is 20.8 Å². The van der Waals surface area contributed by atoms with Gasteiger partial charge in [0.2, 0.25) is 5.16 Å². The molecule has 1 aliphatic carbocycles. The fraction of sp³-hybridized carbons (Fsp3) is 0.286. The summed E-state index contributed by atoms with van der Waals surface area (Å²) in [5, 5.41) is 13.7. The standard InChI is InChI=1S/C21H21N5O6S2/c1-11-6-7-14(13(10-11)16(27)12-4-2-3-5-12)24-19(30)26-20-25-15(17(28)29)18(33-20)34(31,32)21-22-8-9-23-21/h6-10,12H,2-5H2,1H3,(H,22,23)(H,28,29)(H2,24,25,26,30). The highest BCUT2D eigenvalue weighted by atomic mass is 32.2. The number of carboxylic acid groups (broad SMARTS) is 1. The van der Waals surface area contributed by atoms with Crippen LogP contribution in [0.1, 0.15) is 52.1 Å². The SMILES string of the molecule is Cc1ccc(NC(=O)Nc2nc(C(=O)O)c(S(=O)(=O)c3ncc[nH]3)s2)c(C(=O)C2CCCC2)c1. The molecular formula is C21H21N5O6S2. The van der Waals surface area contributed by atoms with Gasteiger partial charge in [-0.2, -0.15) is 0 Å². The molecular weight excluding hydrogens is 482 g/mol. The van der Waals surface area contributed by atoms with Crippen molar-refractivity contribution < 1.29 is 27.9 Å². The summed E-state index contributed by atoms with van der Waals surface area (Å²) in [5.41, 5.74) is 0.835. The first-order valence-corrected chi connectivity index (χ1v) is 12.7. The summed E-state index contributed by atoms with van der Waals surface area (Å²) in [5.74, 6) is -1.69. The van der Waals surface area contributed by atoms with Crippen LogP contribution in [0, 0.1) is 12.8 Å². The molecule has 0 unspecified atom stereocenters. The third kappa shape index (κ3) is 4.70. The van der Waals surface area contributed by atoms with E-state index >= 15 is 0 Å². The Balaban J connectivity index is 1.58. The number of rotatable bonds is 7. The molecule has 0 spiro atoms. The van der Waals surface area contributed by atoms with Gasteiger partial charge < -0.3 is 15.4 Å². The molecule has 2 amide bonds. The largest absolute Gasteiger partial charge is 0.476 e. The molecule has 0 aliphatic heterocycles. The number of nitrogens with zero attached hydrogens (tertiary/aromatic N) is 2. The van der Waals surface area contributed by atoms with Gasteiger partial charge in [-0.1, -0.05) is 35.8 Å². The van der Waals surface area contributed by atoms with Gasteiger partial charge in [0, 0.05) is 23.9 Å². The Bertz CT molecular complexity index is 1360. The number of nitrogens with one attached hydrogen (secondary N) is 3. The Morgan fingerprint density at radius 3 is 2.56 bits per heavy atom. The van der Waals surface area contributed by atoms with Crippen LogP contribution in [0.15, 0.2) is 40.0 Å². The van der Waals surface area contributed by atoms with E-state index in [4.69, 9.17) is 0 Å². The smallest absolute Gasteiger partial charge is 0.356 e. The van der Waals surface area contributed by atoms with Crippen molar-refractivity contribution in [3.8, 4) is 0 Å². The number of Topliss-reactive ketones (excluding diaryl/α,β-unsaturated/α-hetero) is 1. The molecule has 1 fully saturated rings.